The number of aromatic nitrogens is 1. The molecule has 0 bridgehead atoms. The number of thiazole rings is 1. The maximum Gasteiger partial charge on any atom is 0.273 e. The van der Waals surface area contributed by atoms with Gasteiger partial charge in [0.2, 0.25) is 6.10 Å². The summed E-state index contributed by atoms with van der Waals surface area (Å²) in [7, 11) is -3.46. The molecule has 8 nitrogen and oxygen atoms in total. The summed E-state index contributed by atoms with van der Waals surface area (Å²) in [5.74, 6) is 0.861. The summed E-state index contributed by atoms with van der Waals surface area (Å²) < 4.78 is 36.9. The molecule has 4 rings (SSSR count). The number of fused-ring (bicyclic) bond motifs is 2. The van der Waals surface area contributed by atoms with Crippen molar-refractivity contribution in [2.45, 2.75) is 24.8 Å². The van der Waals surface area contributed by atoms with Crippen molar-refractivity contribution >= 4 is 42.4 Å². The number of carbonyl (C=O) groups is 1. The van der Waals surface area contributed by atoms with E-state index < -0.39 is 15.9 Å². The number of rotatable bonds is 8. The van der Waals surface area contributed by atoms with E-state index in [1.807, 2.05) is 18.2 Å². The number of amides is 1. The minimum Gasteiger partial charge on any atom is -0.485 e. The van der Waals surface area contributed by atoms with Gasteiger partial charge < -0.3 is 14.4 Å². The number of nitrogens with zero attached hydrogens (tertiary/aromatic N) is 3. The van der Waals surface area contributed by atoms with Crippen molar-refractivity contribution in [3.63, 3.8) is 0 Å². The van der Waals surface area contributed by atoms with Gasteiger partial charge in [0.05, 0.1) is 9.60 Å². The number of sulfone groups is 1. The first kappa shape index (κ1) is 23.5. The Kier molecular flexibility index (Phi) is 6.87. The first-order chi connectivity index (χ1) is 15.8. The van der Waals surface area contributed by atoms with E-state index >= 15 is 0 Å². The van der Waals surface area contributed by atoms with Crippen LogP contribution < -0.4 is 14.4 Å². The SMILES string of the molecule is CCN(CC)CCN(C(=O)C1COc2ccccc2O1)c1nc2c(S(C)(=O)=O)cccc2s1. The summed E-state index contributed by atoms with van der Waals surface area (Å²) in [6.07, 6.45) is 0.340. The monoisotopic (exact) mass is 489 g/mol. The number of hydrogen-bond acceptors (Lipinski definition) is 8. The van der Waals surface area contributed by atoms with E-state index in [1.165, 1.54) is 17.4 Å². The fourth-order valence-corrected chi connectivity index (χ4v) is 5.64. The van der Waals surface area contributed by atoms with Gasteiger partial charge in [-0.05, 0) is 37.4 Å². The highest BCUT2D eigenvalue weighted by atomic mass is 32.2. The second-order valence-electron chi connectivity index (χ2n) is 7.75. The van der Waals surface area contributed by atoms with E-state index in [-0.39, 0.29) is 17.4 Å². The van der Waals surface area contributed by atoms with Gasteiger partial charge in [0, 0.05) is 19.3 Å². The topological polar surface area (TPSA) is 89.0 Å². The number of likely N-dealkylation sites (N-methyl/N-ethyl adjacent to an activating group) is 1. The van der Waals surface area contributed by atoms with Gasteiger partial charge in [0.15, 0.2) is 26.5 Å². The summed E-state index contributed by atoms with van der Waals surface area (Å²) in [6, 6.07) is 12.3. The molecule has 176 valence electrons. The van der Waals surface area contributed by atoms with E-state index in [9.17, 15) is 13.2 Å². The molecule has 0 saturated carbocycles. The average molecular weight is 490 g/mol. The van der Waals surface area contributed by atoms with Gasteiger partial charge in [0.25, 0.3) is 5.91 Å². The summed E-state index contributed by atoms with van der Waals surface area (Å²) in [6.45, 7) is 6.99. The maximum atomic E-state index is 13.6. The Balaban J connectivity index is 1.69. The first-order valence-electron chi connectivity index (χ1n) is 10.8. The van der Waals surface area contributed by atoms with E-state index in [2.05, 4.69) is 23.7 Å². The number of ether oxygens (including phenoxy) is 2. The lowest BCUT2D eigenvalue weighted by Crippen LogP contribution is -2.48. The lowest BCUT2D eigenvalue weighted by atomic mass is 10.2. The minimum atomic E-state index is -3.46. The second-order valence-corrected chi connectivity index (χ2v) is 10.7. The van der Waals surface area contributed by atoms with Crippen molar-refractivity contribution in [3.05, 3.63) is 42.5 Å². The predicted octanol–water partition coefficient (Wildman–Crippen LogP) is 3.21. The third-order valence-corrected chi connectivity index (χ3v) is 7.76. The molecular formula is C23H27N3O5S2. The molecule has 0 spiro atoms. The lowest BCUT2D eigenvalue weighted by molar-refractivity contribution is -0.127. The van der Waals surface area contributed by atoms with Crippen molar-refractivity contribution in [2.75, 3.05) is 43.9 Å². The van der Waals surface area contributed by atoms with Crippen LogP contribution in [0.1, 0.15) is 13.8 Å². The fourth-order valence-electron chi connectivity index (χ4n) is 3.72. The van der Waals surface area contributed by atoms with Gasteiger partial charge in [-0.3, -0.25) is 9.69 Å². The Labute approximate surface area is 197 Å². The van der Waals surface area contributed by atoms with Crippen molar-refractivity contribution in [1.82, 2.24) is 9.88 Å². The molecule has 1 unspecified atom stereocenters. The minimum absolute atomic E-state index is 0.0943. The van der Waals surface area contributed by atoms with Gasteiger partial charge in [0.1, 0.15) is 12.1 Å². The van der Waals surface area contributed by atoms with Crippen molar-refractivity contribution in [2.24, 2.45) is 0 Å². The zero-order valence-corrected chi connectivity index (χ0v) is 20.5. The molecule has 0 aliphatic carbocycles. The molecule has 0 radical (unpaired) electrons. The largest absolute Gasteiger partial charge is 0.485 e. The molecule has 33 heavy (non-hydrogen) atoms. The van der Waals surface area contributed by atoms with E-state index in [1.54, 1.807) is 23.1 Å². The smallest absolute Gasteiger partial charge is 0.273 e. The van der Waals surface area contributed by atoms with Crippen LogP contribution in [0.15, 0.2) is 47.4 Å². The molecule has 1 amide bonds. The van der Waals surface area contributed by atoms with Crippen molar-refractivity contribution in [3.8, 4) is 11.5 Å². The van der Waals surface area contributed by atoms with Gasteiger partial charge in [-0.2, -0.15) is 0 Å². The second kappa shape index (κ2) is 9.66. The molecule has 2 aromatic carbocycles. The maximum absolute atomic E-state index is 13.6. The standard InChI is InChI=1S/C23H27N3O5S2/c1-4-25(5-2)13-14-26(22(27)18-15-30-16-9-6-7-10-17(16)31-18)23-24-21-19(32-23)11-8-12-20(21)33(3,28)29/h6-12,18H,4-5,13-15H2,1-3H3. The summed E-state index contributed by atoms with van der Waals surface area (Å²) in [5.41, 5.74) is 0.381. The molecule has 1 aliphatic rings. The zero-order valence-electron chi connectivity index (χ0n) is 18.9. The Bertz CT molecular complexity index is 1250. The van der Waals surface area contributed by atoms with Crippen LogP contribution in [-0.4, -0.2) is 69.4 Å². The normalized spacial score (nSPS) is 15.7. The first-order valence-corrected chi connectivity index (χ1v) is 13.5. The van der Waals surface area contributed by atoms with Crippen LogP contribution in [0.5, 0.6) is 11.5 Å². The number of anilines is 1. The summed E-state index contributed by atoms with van der Waals surface area (Å²) in [5, 5.41) is 0.445. The highest BCUT2D eigenvalue weighted by Crippen LogP contribution is 2.35. The molecular weight excluding hydrogens is 462 g/mol. The van der Waals surface area contributed by atoms with Crippen LogP contribution in [0.2, 0.25) is 0 Å². The summed E-state index contributed by atoms with van der Waals surface area (Å²) in [4.78, 5) is 22.2. The van der Waals surface area contributed by atoms with E-state index in [4.69, 9.17) is 9.47 Å². The summed E-state index contributed by atoms with van der Waals surface area (Å²) >= 11 is 1.30. The highest BCUT2D eigenvalue weighted by Gasteiger charge is 2.33. The molecule has 1 aromatic heterocycles. The van der Waals surface area contributed by atoms with Crippen LogP contribution in [0, 0.1) is 0 Å². The van der Waals surface area contributed by atoms with Crippen LogP contribution in [0.25, 0.3) is 10.2 Å². The molecule has 10 heteroatoms. The Hall–Kier alpha value is -2.69. The van der Waals surface area contributed by atoms with Gasteiger partial charge in [-0.25, -0.2) is 13.4 Å². The van der Waals surface area contributed by atoms with Gasteiger partial charge in [-0.1, -0.05) is 43.4 Å². The third kappa shape index (κ3) is 4.97. The quantitative estimate of drug-likeness (QED) is 0.480. The number of benzene rings is 2. The average Bonchev–Trinajstić information content (AvgIpc) is 3.24. The van der Waals surface area contributed by atoms with Crippen LogP contribution in [0.4, 0.5) is 5.13 Å². The Morgan fingerprint density at radius 2 is 1.82 bits per heavy atom. The Morgan fingerprint density at radius 3 is 2.52 bits per heavy atom. The molecule has 1 atom stereocenters. The third-order valence-electron chi connectivity index (χ3n) is 5.59. The van der Waals surface area contributed by atoms with Crippen LogP contribution in [0.3, 0.4) is 0 Å². The molecule has 3 aromatic rings. The molecule has 0 fully saturated rings. The molecule has 0 saturated heterocycles. The van der Waals surface area contributed by atoms with Crippen molar-refractivity contribution in [1.29, 1.82) is 0 Å². The number of carbonyl (C=O) groups excluding carboxylic acids is 1. The van der Waals surface area contributed by atoms with Crippen LogP contribution >= 0.6 is 11.3 Å². The number of para-hydroxylation sites is 3. The van der Waals surface area contributed by atoms with E-state index in [0.717, 1.165) is 19.3 Å². The highest BCUT2D eigenvalue weighted by molar-refractivity contribution is 7.91. The number of hydrogen-bond donors (Lipinski definition) is 0. The van der Waals surface area contributed by atoms with Crippen LogP contribution in [-0.2, 0) is 14.6 Å². The Morgan fingerprint density at radius 1 is 1.09 bits per heavy atom. The van der Waals surface area contributed by atoms with Gasteiger partial charge >= 0.3 is 0 Å². The van der Waals surface area contributed by atoms with Gasteiger partial charge in [-0.15, -0.1) is 0 Å². The van der Waals surface area contributed by atoms with E-state index in [0.29, 0.717) is 39.9 Å². The molecule has 2 heterocycles. The predicted molar refractivity (Wildman–Crippen MR) is 129 cm³/mol. The molecule has 0 N–H and O–H groups in total. The lowest BCUT2D eigenvalue weighted by Gasteiger charge is -2.30. The van der Waals surface area contributed by atoms with Crippen molar-refractivity contribution < 1.29 is 22.7 Å². The zero-order chi connectivity index (χ0) is 23.6. The fraction of sp³-hybridized carbons (Fsp3) is 0.391. The molecule has 1 aliphatic heterocycles.